The number of amides is 1. The average Bonchev–Trinajstić information content (AvgIpc) is 3.16. The van der Waals surface area contributed by atoms with Gasteiger partial charge in [0.15, 0.2) is 0 Å². The number of nitrogens with zero attached hydrogens (tertiary/aromatic N) is 1. The quantitative estimate of drug-likeness (QED) is 0.527. The van der Waals surface area contributed by atoms with Crippen LogP contribution < -0.4 is 10.1 Å². The first-order chi connectivity index (χ1) is 13.3. The van der Waals surface area contributed by atoms with Gasteiger partial charge in [-0.3, -0.25) is 9.89 Å². The number of aromatic amines is 1. The van der Waals surface area contributed by atoms with Gasteiger partial charge in [0, 0.05) is 5.56 Å². The molecule has 0 radical (unpaired) electrons. The zero-order valence-electron chi connectivity index (χ0n) is 15.1. The molecule has 2 aromatic carbocycles. The molecule has 3 N–H and O–H groups in total. The molecule has 0 aliphatic carbocycles. The zero-order valence-corrected chi connectivity index (χ0v) is 16.7. The van der Waals surface area contributed by atoms with Crippen LogP contribution in [0.25, 0.3) is 10.9 Å². The van der Waals surface area contributed by atoms with Crippen molar-refractivity contribution in [3.63, 3.8) is 0 Å². The van der Waals surface area contributed by atoms with Gasteiger partial charge in [-0.15, -0.1) is 0 Å². The van der Waals surface area contributed by atoms with E-state index in [4.69, 9.17) is 9.84 Å². The zero-order chi connectivity index (χ0) is 20.5. The highest BCUT2D eigenvalue weighted by Gasteiger charge is 2.31. The predicted octanol–water partition coefficient (Wildman–Crippen LogP) is 3.91. The van der Waals surface area contributed by atoms with Gasteiger partial charge in [-0.2, -0.15) is 13.9 Å². The number of hydrogen-bond donors (Lipinski definition) is 3. The highest BCUT2D eigenvalue weighted by Crippen LogP contribution is 2.35. The second kappa shape index (κ2) is 7.84. The average molecular weight is 454 g/mol. The summed E-state index contributed by atoms with van der Waals surface area (Å²) in [5.74, 6) is -3.19. The summed E-state index contributed by atoms with van der Waals surface area (Å²) in [7, 11) is 1.52. The van der Waals surface area contributed by atoms with Gasteiger partial charge in [0.2, 0.25) is 0 Å². The number of methoxy groups -OCH3 is 1. The summed E-state index contributed by atoms with van der Waals surface area (Å²) in [4.78, 5) is 12.8. The molecule has 0 spiro atoms. The van der Waals surface area contributed by atoms with E-state index in [-0.39, 0.29) is 5.56 Å². The molecule has 6 nitrogen and oxygen atoms in total. The summed E-state index contributed by atoms with van der Waals surface area (Å²) in [5, 5.41) is 19.1. The van der Waals surface area contributed by atoms with Gasteiger partial charge in [0.25, 0.3) is 11.8 Å². The summed E-state index contributed by atoms with van der Waals surface area (Å²) >= 11 is 3.38. The Balaban J connectivity index is 1.89. The molecule has 0 aliphatic rings. The number of aromatic nitrogens is 2. The molecule has 1 heterocycles. The number of aliphatic hydroxyl groups excluding tert-OH is 1. The van der Waals surface area contributed by atoms with Crippen molar-refractivity contribution in [1.29, 1.82) is 0 Å². The molecular formula is C19H18BrF2N3O3. The minimum absolute atomic E-state index is 0.309. The number of aliphatic hydroxyl groups is 1. The number of H-pyrrole nitrogens is 1. The van der Waals surface area contributed by atoms with Crippen molar-refractivity contribution in [2.24, 2.45) is 0 Å². The molecule has 28 heavy (non-hydrogen) atoms. The topological polar surface area (TPSA) is 87.2 Å². The first kappa shape index (κ1) is 20.2. The lowest BCUT2D eigenvalue weighted by Crippen LogP contribution is -2.27. The summed E-state index contributed by atoms with van der Waals surface area (Å²) in [6.45, 7) is 0.408. The molecule has 1 atom stereocenters. The Kier molecular flexibility index (Phi) is 5.66. The number of halogens is 3. The SMILES string of the molecule is COc1c(Br)cc(C(=O)NC(C)c2cccc(C(F)(F)CO)c2)c2[nH]ncc12. The highest BCUT2D eigenvalue weighted by atomic mass is 79.9. The minimum Gasteiger partial charge on any atom is -0.495 e. The van der Waals surface area contributed by atoms with E-state index in [1.807, 2.05) is 0 Å². The van der Waals surface area contributed by atoms with Crippen LogP contribution in [0, 0.1) is 0 Å². The molecule has 1 aromatic heterocycles. The summed E-state index contributed by atoms with van der Waals surface area (Å²) < 4.78 is 33.4. The number of benzene rings is 2. The van der Waals surface area contributed by atoms with Gasteiger partial charge in [0.1, 0.15) is 12.4 Å². The van der Waals surface area contributed by atoms with Gasteiger partial charge in [-0.25, -0.2) is 0 Å². The standard InChI is InChI=1S/C19H18BrF2N3O3/c1-10(11-4-3-5-12(6-11)19(21,22)9-26)24-18(27)13-7-15(20)17(28-2)14-8-23-25-16(13)14/h3-8,10,26H,9H2,1-2H3,(H,23,25)(H,24,27). The van der Waals surface area contributed by atoms with Crippen LogP contribution in [0.1, 0.15) is 34.5 Å². The molecule has 0 fully saturated rings. The highest BCUT2D eigenvalue weighted by molar-refractivity contribution is 9.10. The lowest BCUT2D eigenvalue weighted by Gasteiger charge is -2.19. The number of nitrogens with one attached hydrogen (secondary N) is 2. The number of rotatable bonds is 6. The van der Waals surface area contributed by atoms with E-state index >= 15 is 0 Å². The number of ether oxygens (including phenoxy) is 1. The van der Waals surface area contributed by atoms with E-state index in [1.165, 1.54) is 25.3 Å². The van der Waals surface area contributed by atoms with E-state index in [9.17, 15) is 13.6 Å². The molecule has 0 saturated heterocycles. The minimum atomic E-state index is -3.34. The van der Waals surface area contributed by atoms with Gasteiger partial charge >= 0.3 is 0 Å². The van der Waals surface area contributed by atoms with Crippen molar-refractivity contribution < 1.29 is 23.4 Å². The molecule has 3 rings (SSSR count). The monoisotopic (exact) mass is 453 g/mol. The Bertz CT molecular complexity index is 1020. The molecule has 9 heteroatoms. The Hall–Kier alpha value is -2.52. The van der Waals surface area contributed by atoms with E-state index in [0.29, 0.717) is 32.3 Å². The molecular weight excluding hydrogens is 436 g/mol. The molecule has 0 aliphatic heterocycles. The maximum atomic E-state index is 13.7. The van der Waals surface area contributed by atoms with Crippen LogP contribution in [-0.4, -0.2) is 34.9 Å². The lowest BCUT2D eigenvalue weighted by molar-refractivity contribution is -0.0556. The van der Waals surface area contributed by atoms with E-state index in [1.54, 1.807) is 25.3 Å². The van der Waals surface area contributed by atoms with E-state index < -0.39 is 24.5 Å². The molecule has 0 bridgehead atoms. The van der Waals surface area contributed by atoms with Crippen LogP contribution in [0.15, 0.2) is 41.0 Å². The maximum Gasteiger partial charge on any atom is 0.295 e. The fourth-order valence-corrected chi connectivity index (χ4v) is 3.53. The van der Waals surface area contributed by atoms with Crippen LogP contribution in [0.3, 0.4) is 0 Å². The largest absolute Gasteiger partial charge is 0.495 e. The van der Waals surface area contributed by atoms with E-state index in [2.05, 4.69) is 31.4 Å². The molecule has 0 saturated carbocycles. The van der Waals surface area contributed by atoms with Gasteiger partial charge in [-0.1, -0.05) is 18.2 Å². The Morgan fingerprint density at radius 3 is 2.86 bits per heavy atom. The number of alkyl halides is 2. The van der Waals surface area contributed by atoms with Crippen LogP contribution >= 0.6 is 15.9 Å². The number of hydrogen-bond acceptors (Lipinski definition) is 4. The third-order valence-electron chi connectivity index (χ3n) is 4.45. The fraction of sp³-hybridized carbons (Fsp3) is 0.263. The maximum absolute atomic E-state index is 13.7. The second-order valence-corrected chi connectivity index (χ2v) is 7.14. The Morgan fingerprint density at radius 1 is 1.43 bits per heavy atom. The molecule has 1 unspecified atom stereocenters. The van der Waals surface area contributed by atoms with Crippen molar-refractivity contribution in [3.05, 3.63) is 57.7 Å². The van der Waals surface area contributed by atoms with Crippen molar-refractivity contribution >= 4 is 32.7 Å². The second-order valence-electron chi connectivity index (χ2n) is 6.28. The number of carbonyl (C=O) groups is 1. The van der Waals surface area contributed by atoms with E-state index in [0.717, 1.165) is 0 Å². The van der Waals surface area contributed by atoms with Crippen molar-refractivity contribution in [2.75, 3.05) is 13.7 Å². The molecule has 3 aromatic rings. The normalized spacial score (nSPS) is 12.8. The Morgan fingerprint density at radius 2 is 2.18 bits per heavy atom. The van der Waals surface area contributed by atoms with Gasteiger partial charge in [0.05, 0.1) is 40.3 Å². The lowest BCUT2D eigenvalue weighted by atomic mass is 10.0. The predicted molar refractivity (Wildman–Crippen MR) is 104 cm³/mol. The molecule has 1 amide bonds. The van der Waals surface area contributed by atoms with Crippen LogP contribution in [-0.2, 0) is 5.92 Å². The van der Waals surface area contributed by atoms with Crippen LogP contribution in [0.5, 0.6) is 5.75 Å². The third kappa shape index (κ3) is 3.72. The first-order valence-corrected chi connectivity index (χ1v) is 9.17. The van der Waals surface area contributed by atoms with Crippen molar-refractivity contribution in [1.82, 2.24) is 15.5 Å². The van der Waals surface area contributed by atoms with Crippen LogP contribution in [0.2, 0.25) is 0 Å². The number of carbonyl (C=O) groups excluding carboxylic acids is 1. The summed E-state index contributed by atoms with van der Waals surface area (Å²) in [5.41, 5.74) is 1.03. The summed E-state index contributed by atoms with van der Waals surface area (Å²) in [6, 6.07) is 6.68. The van der Waals surface area contributed by atoms with Gasteiger partial charge < -0.3 is 15.2 Å². The van der Waals surface area contributed by atoms with Crippen molar-refractivity contribution in [2.45, 2.75) is 18.9 Å². The Labute approximate surface area is 168 Å². The number of fused-ring (bicyclic) bond motifs is 1. The summed E-state index contributed by atoms with van der Waals surface area (Å²) in [6.07, 6.45) is 1.56. The smallest absolute Gasteiger partial charge is 0.295 e. The first-order valence-electron chi connectivity index (χ1n) is 8.38. The third-order valence-corrected chi connectivity index (χ3v) is 5.03. The van der Waals surface area contributed by atoms with Gasteiger partial charge in [-0.05, 0) is 40.5 Å². The van der Waals surface area contributed by atoms with Crippen molar-refractivity contribution in [3.8, 4) is 5.75 Å². The van der Waals surface area contributed by atoms with Crippen LogP contribution in [0.4, 0.5) is 8.78 Å². The molecule has 148 valence electrons. The fourth-order valence-electron chi connectivity index (χ4n) is 2.93.